The van der Waals surface area contributed by atoms with Crippen LogP contribution in [-0.2, 0) is 0 Å². The Kier molecular flexibility index (Phi) is 5.40. The summed E-state index contributed by atoms with van der Waals surface area (Å²) in [5.41, 5.74) is 2.81. The first kappa shape index (κ1) is 16.7. The van der Waals surface area contributed by atoms with Gasteiger partial charge in [-0.25, -0.2) is 0 Å². The zero-order valence-corrected chi connectivity index (χ0v) is 14.1. The molecule has 1 aromatic heterocycles. The van der Waals surface area contributed by atoms with Crippen LogP contribution in [0.3, 0.4) is 0 Å². The summed E-state index contributed by atoms with van der Waals surface area (Å²) in [6.45, 7) is 7.90. The number of aryl methyl sites for hydroxylation is 1. The van der Waals surface area contributed by atoms with Crippen LogP contribution in [0.5, 0.6) is 0 Å². The highest BCUT2D eigenvalue weighted by molar-refractivity contribution is 6.02. The number of Topliss-reactive ketones (excluding diaryl/α,β-unsaturated/α-hetero) is 1. The van der Waals surface area contributed by atoms with Crippen LogP contribution in [0.2, 0.25) is 0 Å². The molecular weight excluding hydrogens is 278 g/mol. The topological polar surface area (TPSA) is 65.2 Å². The predicted molar refractivity (Wildman–Crippen MR) is 87.4 cm³/mol. The molecule has 1 saturated heterocycles. The molecule has 2 rings (SSSR count). The number of nitrogens with one attached hydrogen (secondary N) is 2. The van der Waals surface area contributed by atoms with Gasteiger partial charge in [-0.2, -0.15) is 0 Å². The van der Waals surface area contributed by atoms with Gasteiger partial charge in [0.25, 0.3) is 5.91 Å². The maximum atomic E-state index is 12.7. The molecule has 2 heterocycles. The van der Waals surface area contributed by atoms with Crippen LogP contribution in [0.25, 0.3) is 0 Å². The highest BCUT2D eigenvalue weighted by Gasteiger charge is 2.27. The molecule has 0 radical (unpaired) electrons. The number of hydrogen-bond donors (Lipinski definition) is 2. The summed E-state index contributed by atoms with van der Waals surface area (Å²) in [6, 6.07) is 0. The number of likely N-dealkylation sites (tertiary alicyclic amines) is 1. The fourth-order valence-corrected chi connectivity index (χ4v) is 3.42. The number of hydrogen-bond acceptors (Lipinski definition) is 3. The second-order valence-corrected chi connectivity index (χ2v) is 6.31. The van der Waals surface area contributed by atoms with Crippen molar-refractivity contribution in [3.8, 4) is 0 Å². The number of carbonyl (C=O) groups is 2. The van der Waals surface area contributed by atoms with Gasteiger partial charge in [0.05, 0.1) is 0 Å². The van der Waals surface area contributed by atoms with Crippen LogP contribution in [-0.4, -0.2) is 48.3 Å². The van der Waals surface area contributed by atoms with Gasteiger partial charge in [0.15, 0.2) is 5.78 Å². The van der Waals surface area contributed by atoms with Crippen LogP contribution in [0.15, 0.2) is 0 Å². The van der Waals surface area contributed by atoms with Gasteiger partial charge in [-0.1, -0.05) is 0 Å². The van der Waals surface area contributed by atoms with E-state index in [1.165, 1.54) is 6.42 Å². The Balaban J connectivity index is 2.04. The number of rotatable bonds is 5. The summed E-state index contributed by atoms with van der Waals surface area (Å²) in [7, 11) is 1.97. The average molecular weight is 305 g/mol. The lowest BCUT2D eigenvalue weighted by molar-refractivity contribution is 0.0681. The normalized spacial score (nSPS) is 16.1. The quantitative estimate of drug-likeness (QED) is 0.820. The van der Waals surface area contributed by atoms with Gasteiger partial charge in [0, 0.05) is 24.3 Å². The molecule has 0 aromatic carbocycles. The van der Waals surface area contributed by atoms with Crippen molar-refractivity contribution in [2.75, 3.05) is 26.7 Å². The van der Waals surface area contributed by atoms with Crippen molar-refractivity contribution >= 4 is 11.7 Å². The van der Waals surface area contributed by atoms with E-state index in [1.54, 1.807) is 6.92 Å². The number of aromatic amines is 1. The molecule has 5 nitrogen and oxygen atoms in total. The first-order valence-electron chi connectivity index (χ1n) is 8.09. The Morgan fingerprint density at radius 2 is 1.91 bits per heavy atom. The number of aromatic nitrogens is 1. The minimum absolute atomic E-state index is 0.0103. The van der Waals surface area contributed by atoms with Gasteiger partial charge in [0.1, 0.15) is 5.69 Å². The summed E-state index contributed by atoms with van der Waals surface area (Å²) < 4.78 is 0. The van der Waals surface area contributed by atoms with Crippen molar-refractivity contribution in [2.24, 2.45) is 5.92 Å². The van der Waals surface area contributed by atoms with E-state index in [0.717, 1.165) is 43.7 Å². The van der Waals surface area contributed by atoms with Gasteiger partial charge in [-0.15, -0.1) is 0 Å². The molecular formula is C17H27N3O2. The van der Waals surface area contributed by atoms with Crippen molar-refractivity contribution in [3.63, 3.8) is 0 Å². The Labute approximate surface area is 132 Å². The van der Waals surface area contributed by atoms with Gasteiger partial charge >= 0.3 is 0 Å². The maximum absolute atomic E-state index is 12.7. The summed E-state index contributed by atoms with van der Waals surface area (Å²) in [5, 5.41) is 3.18. The van der Waals surface area contributed by atoms with E-state index in [2.05, 4.69) is 10.3 Å². The number of amides is 1. The molecule has 1 aliphatic rings. The standard InChI is InChI=1S/C17H27N3O2/c1-11-15(13(3)21)12(2)19-16(11)17(22)20-9-6-14(7-10-20)5-8-18-4/h14,18-19H,5-10H2,1-4H3. The zero-order chi connectivity index (χ0) is 16.3. The van der Waals surface area contributed by atoms with E-state index >= 15 is 0 Å². The van der Waals surface area contributed by atoms with Gasteiger partial charge in [0.2, 0.25) is 0 Å². The van der Waals surface area contributed by atoms with Gasteiger partial charge < -0.3 is 15.2 Å². The molecule has 1 amide bonds. The van der Waals surface area contributed by atoms with Crippen molar-refractivity contribution in [1.29, 1.82) is 0 Å². The highest BCUT2D eigenvalue weighted by Crippen LogP contribution is 2.24. The largest absolute Gasteiger partial charge is 0.354 e. The van der Waals surface area contributed by atoms with Crippen LogP contribution < -0.4 is 5.32 Å². The SMILES string of the molecule is CNCCC1CCN(C(=O)c2[nH]c(C)c(C(C)=O)c2C)CC1. The molecule has 0 atom stereocenters. The first-order valence-corrected chi connectivity index (χ1v) is 8.09. The number of nitrogens with zero attached hydrogens (tertiary/aromatic N) is 1. The third-order valence-electron chi connectivity index (χ3n) is 4.71. The monoisotopic (exact) mass is 305 g/mol. The van der Waals surface area contributed by atoms with E-state index in [0.29, 0.717) is 17.2 Å². The number of carbonyl (C=O) groups excluding carboxylic acids is 2. The second-order valence-electron chi connectivity index (χ2n) is 6.31. The molecule has 0 unspecified atom stereocenters. The van der Waals surface area contributed by atoms with Crippen LogP contribution in [0.4, 0.5) is 0 Å². The summed E-state index contributed by atoms with van der Waals surface area (Å²) in [6.07, 6.45) is 3.30. The number of H-pyrrole nitrogens is 1. The third kappa shape index (κ3) is 3.40. The lowest BCUT2D eigenvalue weighted by Gasteiger charge is -2.32. The average Bonchev–Trinajstić information content (AvgIpc) is 2.79. The smallest absolute Gasteiger partial charge is 0.270 e. The van der Waals surface area contributed by atoms with E-state index in [9.17, 15) is 9.59 Å². The van der Waals surface area contributed by atoms with E-state index < -0.39 is 0 Å². The maximum Gasteiger partial charge on any atom is 0.270 e. The van der Waals surface area contributed by atoms with E-state index in [-0.39, 0.29) is 11.7 Å². The zero-order valence-electron chi connectivity index (χ0n) is 14.1. The lowest BCUT2D eigenvalue weighted by atomic mass is 9.93. The van der Waals surface area contributed by atoms with Gasteiger partial charge in [-0.05, 0) is 65.1 Å². The Bertz CT molecular complexity index is 554. The Morgan fingerprint density at radius 1 is 1.27 bits per heavy atom. The number of ketones is 1. The van der Waals surface area contributed by atoms with E-state index in [1.807, 2.05) is 25.8 Å². The van der Waals surface area contributed by atoms with Crippen LogP contribution >= 0.6 is 0 Å². The molecule has 2 N–H and O–H groups in total. The van der Waals surface area contributed by atoms with Crippen molar-refractivity contribution in [3.05, 3.63) is 22.5 Å². The molecule has 0 saturated carbocycles. The summed E-state index contributed by atoms with van der Waals surface area (Å²) in [4.78, 5) is 29.4. The molecule has 0 aliphatic carbocycles. The fourth-order valence-electron chi connectivity index (χ4n) is 3.42. The molecule has 22 heavy (non-hydrogen) atoms. The predicted octanol–water partition coefficient (Wildman–Crippen LogP) is 2.30. The molecule has 0 bridgehead atoms. The van der Waals surface area contributed by atoms with E-state index in [4.69, 9.17) is 0 Å². The van der Waals surface area contributed by atoms with Gasteiger partial charge in [-0.3, -0.25) is 9.59 Å². The molecule has 1 aromatic rings. The fraction of sp³-hybridized carbons (Fsp3) is 0.647. The molecule has 5 heteroatoms. The summed E-state index contributed by atoms with van der Waals surface area (Å²) in [5.74, 6) is 0.743. The minimum Gasteiger partial charge on any atom is -0.354 e. The Morgan fingerprint density at radius 3 is 2.41 bits per heavy atom. The minimum atomic E-state index is 0.0103. The van der Waals surface area contributed by atoms with Crippen molar-refractivity contribution in [2.45, 2.75) is 40.0 Å². The molecule has 0 spiro atoms. The van der Waals surface area contributed by atoms with Crippen LogP contribution in [0.1, 0.15) is 58.3 Å². The Hall–Kier alpha value is -1.62. The lowest BCUT2D eigenvalue weighted by Crippen LogP contribution is -2.39. The van der Waals surface area contributed by atoms with Crippen LogP contribution in [0, 0.1) is 19.8 Å². The molecule has 1 fully saturated rings. The first-order chi connectivity index (χ1) is 10.5. The second kappa shape index (κ2) is 7.09. The molecule has 122 valence electrons. The summed E-state index contributed by atoms with van der Waals surface area (Å²) >= 11 is 0. The van der Waals surface area contributed by atoms with Crippen molar-refractivity contribution < 1.29 is 9.59 Å². The van der Waals surface area contributed by atoms with Crippen molar-refractivity contribution in [1.82, 2.24) is 15.2 Å². The number of piperidine rings is 1. The third-order valence-corrected chi connectivity index (χ3v) is 4.71. The highest BCUT2D eigenvalue weighted by atomic mass is 16.2. The molecule has 1 aliphatic heterocycles.